The number of nitrogens with two attached hydrogens (primary N) is 3. The lowest BCUT2D eigenvalue weighted by Gasteiger charge is -2.30. The number of aromatic amines is 1. The molecule has 3 rings (SSSR count). The van der Waals surface area contributed by atoms with Gasteiger partial charge in [-0.2, -0.15) is 0 Å². The number of rotatable bonds is 14. The molecule has 2 heterocycles. The fourth-order valence-corrected chi connectivity index (χ4v) is 4.60. The van der Waals surface area contributed by atoms with E-state index in [-0.39, 0.29) is 44.1 Å². The van der Waals surface area contributed by atoms with Crippen molar-refractivity contribution in [3.05, 3.63) is 48.0 Å². The summed E-state index contributed by atoms with van der Waals surface area (Å²) in [6.45, 7) is 0.483. The van der Waals surface area contributed by atoms with E-state index in [0.29, 0.717) is 30.5 Å². The first kappa shape index (κ1) is 30.9. The number of carboxylic acids is 1. The molecular formula is C26H37N9O6. The van der Waals surface area contributed by atoms with Crippen molar-refractivity contribution in [3.8, 4) is 5.75 Å². The molecule has 2 aromatic rings. The summed E-state index contributed by atoms with van der Waals surface area (Å²) in [7, 11) is 0. The highest BCUT2D eigenvalue weighted by Gasteiger charge is 2.39. The number of carboxylic acid groups (broad SMARTS) is 1. The standard InChI is InChI=1S/C26H37N9O6/c27-18(12-16-13-30-14-32-16)22(37)33-19(3-1-9-31-26(28)29)24(39)35-10-2-4-21(35)23(38)34-20(25(40)41)11-15-5-7-17(36)8-6-15/h5-8,13-14,18-21,36H,1-4,9-12,27H2,(H,30,32)(H,33,37)(H,34,38)(H,40,41)(H4,28,29,31). The van der Waals surface area contributed by atoms with Crippen LogP contribution in [0.1, 0.15) is 36.9 Å². The molecule has 11 N–H and O–H groups in total. The molecule has 0 radical (unpaired) electrons. The Kier molecular flexibility index (Phi) is 11.0. The number of carbonyl (C=O) groups excluding carboxylic acids is 3. The number of hydrogen-bond donors (Lipinski definition) is 8. The Morgan fingerprint density at radius 2 is 1.85 bits per heavy atom. The maximum absolute atomic E-state index is 13.7. The Bertz CT molecular complexity index is 1210. The molecule has 0 bridgehead atoms. The van der Waals surface area contributed by atoms with E-state index in [1.165, 1.54) is 23.4 Å². The number of aromatic hydroxyl groups is 1. The summed E-state index contributed by atoms with van der Waals surface area (Å²) in [6.07, 6.45) is 4.57. The average molecular weight is 572 g/mol. The average Bonchev–Trinajstić information content (AvgIpc) is 3.63. The molecule has 0 spiro atoms. The number of guanidine groups is 1. The van der Waals surface area contributed by atoms with E-state index < -0.39 is 47.9 Å². The van der Waals surface area contributed by atoms with Gasteiger partial charge in [-0.15, -0.1) is 0 Å². The van der Waals surface area contributed by atoms with E-state index in [2.05, 4.69) is 25.6 Å². The van der Waals surface area contributed by atoms with Gasteiger partial charge in [0, 0.05) is 37.8 Å². The molecule has 1 aliphatic rings. The van der Waals surface area contributed by atoms with Crippen LogP contribution in [-0.2, 0) is 32.0 Å². The second-order valence-corrected chi connectivity index (χ2v) is 9.86. The van der Waals surface area contributed by atoms with Crippen molar-refractivity contribution in [2.24, 2.45) is 22.2 Å². The van der Waals surface area contributed by atoms with E-state index in [4.69, 9.17) is 17.2 Å². The quantitative estimate of drug-likeness (QED) is 0.0726. The number of carbonyl (C=O) groups is 4. The van der Waals surface area contributed by atoms with E-state index in [1.807, 2.05) is 0 Å². The van der Waals surface area contributed by atoms with Crippen molar-refractivity contribution in [2.45, 2.75) is 62.7 Å². The zero-order valence-electron chi connectivity index (χ0n) is 22.5. The highest BCUT2D eigenvalue weighted by Crippen LogP contribution is 2.21. The topological polar surface area (TPSA) is 255 Å². The molecule has 1 aliphatic heterocycles. The van der Waals surface area contributed by atoms with E-state index in [9.17, 15) is 29.4 Å². The Hall–Kier alpha value is -4.66. The summed E-state index contributed by atoms with van der Waals surface area (Å²) in [6, 6.07) is 1.85. The minimum atomic E-state index is -1.25. The molecule has 1 fully saturated rings. The lowest BCUT2D eigenvalue weighted by Crippen LogP contribution is -2.57. The predicted molar refractivity (Wildman–Crippen MR) is 148 cm³/mol. The van der Waals surface area contributed by atoms with Crippen LogP contribution >= 0.6 is 0 Å². The molecule has 4 unspecified atom stereocenters. The highest BCUT2D eigenvalue weighted by atomic mass is 16.4. The number of nitrogens with one attached hydrogen (secondary N) is 3. The first-order valence-electron chi connectivity index (χ1n) is 13.2. The number of aliphatic carboxylic acids is 1. The highest BCUT2D eigenvalue weighted by molar-refractivity contribution is 5.94. The van der Waals surface area contributed by atoms with Crippen LogP contribution in [0, 0.1) is 0 Å². The van der Waals surface area contributed by atoms with Crippen molar-refractivity contribution in [3.63, 3.8) is 0 Å². The third-order valence-corrected chi connectivity index (χ3v) is 6.72. The Labute approximate surface area is 236 Å². The minimum absolute atomic E-state index is 0.0142. The first-order chi connectivity index (χ1) is 19.5. The molecule has 15 nitrogen and oxygen atoms in total. The lowest BCUT2D eigenvalue weighted by molar-refractivity contribution is -0.145. The normalized spacial score (nSPS) is 16.8. The largest absolute Gasteiger partial charge is 0.508 e. The molecule has 1 aromatic carbocycles. The number of H-pyrrole nitrogens is 1. The van der Waals surface area contributed by atoms with Crippen LogP contribution in [-0.4, -0.2) is 92.0 Å². The van der Waals surface area contributed by atoms with Crippen molar-refractivity contribution in [1.82, 2.24) is 25.5 Å². The van der Waals surface area contributed by atoms with E-state index >= 15 is 0 Å². The van der Waals surface area contributed by atoms with Gasteiger partial charge in [-0.1, -0.05) is 12.1 Å². The molecule has 0 aliphatic carbocycles. The van der Waals surface area contributed by atoms with Crippen molar-refractivity contribution in [1.29, 1.82) is 0 Å². The summed E-state index contributed by atoms with van der Waals surface area (Å²) in [5.41, 5.74) is 18.1. The Morgan fingerprint density at radius 3 is 2.49 bits per heavy atom. The van der Waals surface area contributed by atoms with Crippen LogP contribution < -0.4 is 27.8 Å². The molecule has 3 amide bonds. The smallest absolute Gasteiger partial charge is 0.326 e. The number of nitrogens with zero attached hydrogens (tertiary/aromatic N) is 3. The summed E-state index contributed by atoms with van der Waals surface area (Å²) in [4.78, 5) is 63.7. The number of phenolic OH excluding ortho intramolecular Hbond substituents is 1. The summed E-state index contributed by atoms with van der Waals surface area (Å²) in [5.74, 6) is -2.95. The number of benzene rings is 1. The molecule has 222 valence electrons. The third kappa shape index (κ3) is 9.20. The summed E-state index contributed by atoms with van der Waals surface area (Å²) in [5, 5.41) is 24.4. The van der Waals surface area contributed by atoms with Gasteiger partial charge >= 0.3 is 5.97 Å². The predicted octanol–water partition coefficient (Wildman–Crippen LogP) is -1.67. The molecule has 41 heavy (non-hydrogen) atoms. The van der Waals surface area contributed by atoms with Crippen molar-refractivity contribution < 1.29 is 29.4 Å². The van der Waals surface area contributed by atoms with Gasteiger partial charge in [-0.3, -0.25) is 19.4 Å². The number of hydrogen-bond acceptors (Lipinski definition) is 8. The van der Waals surface area contributed by atoms with Gasteiger partial charge < -0.3 is 47.9 Å². The molecule has 1 aromatic heterocycles. The summed E-state index contributed by atoms with van der Waals surface area (Å²) < 4.78 is 0. The van der Waals surface area contributed by atoms with Crippen LogP contribution in [0.25, 0.3) is 0 Å². The molecule has 4 atom stereocenters. The SMILES string of the molecule is NC(N)=NCCCC(NC(=O)C(N)Cc1cnc[nH]1)C(=O)N1CCCC1C(=O)NC(Cc1ccc(O)cc1)C(=O)O. The Morgan fingerprint density at radius 1 is 1.12 bits per heavy atom. The fourth-order valence-electron chi connectivity index (χ4n) is 4.60. The number of likely N-dealkylation sites (tertiary alicyclic amines) is 1. The minimum Gasteiger partial charge on any atom is -0.508 e. The Balaban J connectivity index is 1.70. The van der Waals surface area contributed by atoms with Gasteiger partial charge in [0.25, 0.3) is 0 Å². The van der Waals surface area contributed by atoms with Gasteiger partial charge in [0.2, 0.25) is 17.7 Å². The molecule has 1 saturated heterocycles. The van der Waals surface area contributed by atoms with Gasteiger partial charge in [0.15, 0.2) is 5.96 Å². The molecular weight excluding hydrogens is 534 g/mol. The maximum atomic E-state index is 13.7. The number of imidazole rings is 1. The lowest BCUT2D eigenvalue weighted by atomic mass is 10.0. The number of phenols is 1. The van der Waals surface area contributed by atoms with Gasteiger partial charge in [0.1, 0.15) is 23.9 Å². The number of aliphatic imine (C=N–C) groups is 1. The van der Waals surface area contributed by atoms with Crippen molar-refractivity contribution in [2.75, 3.05) is 13.1 Å². The fraction of sp³-hybridized carbons (Fsp3) is 0.462. The number of aromatic nitrogens is 2. The second-order valence-electron chi connectivity index (χ2n) is 9.86. The van der Waals surface area contributed by atoms with Gasteiger partial charge in [-0.25, -0.2) is 9.78 Å². The van der Waals surface area contributed by atoms with Crippen LogP contribution in [0.4, 0.5) is 0 Å². The van der Waals surface area contributed by atoms with Gasteiger partial charge in [-0.05, 0) is 43.4 Å². The number of amides is 3. The van der Waals surface area contributed by atoms with Crippen LogP contribution in [0.3, 0.4) is 0 Å². The molecule has 15 heteroatoms. The zero-order valence-corrected chi connectivity index (χ0v) is 22.5. The molecule has 0 saturated carbocycles. The van der Waals surface area contributed by atoms with Crippen LogP contribution in [0.2, 0.25) is 0 Å². The van der Waals surface area contributed by atoms with Gasteiger partial charge in [0.05, 0.1) is 12.4 Å². The zero-order chi connectivity index (χ0) is 29.9. The van der Waals surface area contributed by atoms with Crippen molar-refractivity contribution >= 4 is 29.7 Å². The second kappa shape index (κ2) is 14.6. The third-order valence-electron chi connectivity index (χ3n) is 6.72. The monoisotopic (exact) mass is 571 g/mol. The van der Waals surface area contributed by atoms with Crippen LogP contribution in [0.15, 0.2) is 41.8 Å². The summed E-state index contributed by atoms with van der Waals surface area (Å²) >= 11 is 0. The maximum Gasteiger partial charge on any atom is 0.326 e. The van der Waals surface area contributed by atoms with Crippen LogP contribution in [0.5, 0.6) is 5.75 Å². The van der Waals surface area contributed by atoms with E-state index in [1.54, 1.807) is 18.3 Å². The van der Waals surface area contributed by atoms with E-state index in [0.717, 1.165) is 0 Å². The first-order valence-corrected chi connectivity index (χ1v) is 13.2.